The van der Waals surface area contributed by atoms with Gasteiger partial charge in [0.15, 0.2) is 0 Å². The Morgan fingerprint density at radius 1 is 1.19 bits per heavy atom. The van der Waals surface area contributed by atoms with Gasteiger partial charge in [-0.2, -0.15) is 4.31 Å². The lowest BCUT2D eigenvalue weighted by Crippen LogP contribution is -2.33. The number of hydrogen-bond acceptors (Lipinski definition) is 4. The smallest absolute Gasteiger partial charge is 0.251 e. The first-order chi connectivity index (χ1) is 12.5. The van der Waals surface area contributed by atoms with E-state index >= 15 is 0 Å². The Bertz CT molecular complexity index is 823. The van der Waals surface area contributed by atoms with Crippen LogP contribution in [0, 0.1) is 0 Å². The van der Waals surface area contributed by atoms with Gasteiger partial charge in [-0.25, -0.2) is 8.42 Å². The molecule has 1 N–H and O–H groups in total. The molecular formula is C19H24N2O4S. The van der Waals surface area contributed by atoms with E-state index in [4.69, 9.17) is 4.42 Å². The van der Waals surface area contributed by atoms with Crippen LogP contribution in [0.4, 0.5) is 0 Å². The maximum Gasteiger partial charge on any atom is 0.251 e. The summed E-state index contributed by atoms with van der Waals surface area (Å²) in [5.74, 6) is 0.685. The highest BCUT2D eigenvalue weighted by Gasteiger charge is 2.27. The first-order valence-corrected chi connectivity index (χ1v) is 10.3. The second-order valence-corrected chi connectivity index (χ2v) is 8.57. The normalized spacial score (nSPS) is 16.5. The van der Waals surface area contributed by atoms with Crippen LogP contribution in [-0.4, -0.2) is 37.8 Å². The molecule has 0 saturated carbocycles. The molecule has 2 aromatic rings. The molecule has 0 radical (unpaired) electrons. The SMILES string of the molecule is CC(CCc1ccco1)NC(=O)c1ccc(S(=O)(=O)N2CCCC2)cc1. The van der Waals surface area contributed by atoms with Crippen molar-refractivity contribution in [3.05, 3.63) is 54.0 Å². The van der Waals surface area contributed by atoms with E-state index in [0.29, 0.717) is 18.7 Å². The number of furan rings is 1. The maximum atomic E-state index is 12.5. The van der Waals surface area contributed by atoms with Gasteiger partial charge in [-0.3, -0.25) is 4.79 Å². The molecule has 1 saturated heterocycles. The molecule has 6 nitrogen and oxygen atoms in total. The molecule has 0 bridgehead atoms. The van der Waals surface area contributed by atoms with E-state index < -0.39 is 10.0 Å². The summed E-state index contributed by atoms with van der Waals surface area (Å²) in [4.78, 5) is 12.6. The maximum absolute atomic E-state index is 12.5. The van der Waals surface area contributed by atoms with Crippen molar-refractivity contribution in [3.63, 3.8) is 0 Å². The Hall–Kier alpha value is -2.12. The van der Waals surface area contributed by atoms with Gasteiger partial charge in [-0.15, -0.1) is 0 Å². The topological polar surface area (TPSA) is 79.6 Å². The van der Waals surface area contributed by atoms with Crippen molar-refractivity contribution in [1.29, 1.82) is 0 Å². The van der Waals surface area contributed by atoms with Gasteiger partial charge in [0.2, 0.25) is 10.0 Å². The van der Waals surface area contributed by atoms with Crippen LogP contribution in [0.3, 0.4) is 0 Å². The zero-order chi connectivity index (χ0) is 18.6. The molecule has 1 unspecified atom stereocenters. The standard InChI is InChI=1S/C19H24N2O4S/c1-15(6-9-17-5-4-14-25-17)20-19(22)16-7-10-18(11-8-16)26(23,24)21-12-2-3-13-21/h4-5,7-8,10-11,14-15H,2-3,6,9,12-13H2,1H3,(H,20,22). The van der Waals surface area contributed by atoms with Crippen LogP contribution in [0.15, 0.2) is 52.0 Å². The fraction of sp³-hybridized carbons (Fsp3) is 0.421. The highest BCUT2D eigenvalue weighted by molar-refractivity contribution is 7.89. The van der Waals surface area contributed by atoms with Gasteiger partial charge in [0.05, 0.1) is 11.2 Å². The zero-order valence-electron chi connectivity index (χ0n) is 14.8. The highest BCUT2D eigenvalue weighted by Crippen LogP contribution is 2.21. The van der Waals surface area contributed by atoms with Crippen molar-refractivity contribution in [3.8, 4) is 0 Å². The van der Waals surface area contributed by atoms with Crippen molar-refractivity contribution in [2.75, 3.05) is 13.1 Å². The van der Waals surface area contributed by atoms with Crippen LogP contribution in [0.5, 0.6) is 0 Å². The number of nitrogens with zero attached hydrogens (tertiary/aromatic N) is 1. The highest BCUT2D eigenvalue weighted by atomic mass is 32.2. The van der Waals surface area contributed by atoms with Gasteiger partial charge >= 0.3 is 0 Å². The largest absolute Gasteiger partial charge is 0.469 e. The number of benzene rings is 1. The minimum Gasteiger partial charge on any atom is -0.469 e. The molecule has 140 valence electrons. The summed E-state index contributed by atoms with van der Waals surface area (Å²) in [6, 6.07) is 9.90. The number of hydrogen-bond donors (Lipinski definition) is 1. The van der Waals surface area contributed by atoms with Crippen molar-refractivity contribution >= 4 is 15.9 Å². The Balaban J connectivity index is 1.58. The molecule has 1 atom stereocenters. The van der Waals surface area contributed by atoms with Crippen LogP contribution in [0.25, 0.3) is 0 Å². The number of rotatable bonds is 7. The predicted molar refractivity (Wildman–Crippen MR) is 98.4 cm³/mol. The molecule has 0 spiro atoms. The summed E-state index contributed by atoms with van der Waals surface area (Å²) in [6.45, 7) is 3.07. The van der Waals surface area contributed by atoms with E-state index in [2.05, 4.69) is 5.32 Å². The Morgan fingerprint density at radius 2 is 1.88 bits per heavy atom. The lowest BCUT2D eigenvalue weighted by atomic mass is 10.1. The predicted octanol–water partition coefficient (Wildman–Crippen LogP) is 2.82. The minimum absolute atomic E-state index is 0.0133. The van der Waals surface area contributed by atoms with Crippen LogP contribution in [-0.2, 0) is 16.4 Å². The first-order valence-electron chi connectivity index (χ1n) is 8.90. The summed E-state index contributed by atoms with van der Waals surface area (Å²) < 4.78 is 31.8. The molecule has 1 fully saturated rings. The van der Waals surface area contributed by atoms with Crippen LogP contribution in [0.1, 0.15) is 42.3 Å². The third-order valence-corrected chi connectivity index (χ3v) is 6.51. The van der Waals surface area contributed by atoms with Gasteiger partial charge in [-0.05, 0) is 62.6 Å². The molecule has 1 aliphatic heterocycles. The Labute approximate surface area is 154 Å². The van der Waals surface area contributed by atoms with Gasteiger partial charge in [0.25, 0.3) is 5.91 Å². The first kappa shape index (κ1) is 18.7. The van der Waals surface area contributed by atoms with Gasteiger partial charge in [0, 0.05) is 31.1 Å². The van der Waals surface area contributed by atoms with E-state index in [1.54, 1.807) is 18.4 Å². The minimum atomic E-state index is -3.45. The van der Waals surface area contributed by atoms with E-state index in [9.17, 15) is 13.2 Å². The van der Waals surface area contributed by atoms with Crippen LogP contribution in [0.2, 0.25) is 0 Å². The van der Waals surface area contributed by atoms with Gasteiger partial charge in [-0.1, -0.05) is 0 Å². The summed E-state index contributed by atoms with van der Waals surface area (Å²) in [7, 11) is -3.45. The molecule has 7 heteroatoms. The zero-order valence-corrected chi connectivity index (χ0v) is 15.7. The van der Waals surface area contributed by atoms with Crippen molar-refractivity contribution in [2.24, 2.45) is 0 Å². The number of carbonyl (C=O) groups excluding carboxylic acids is 1. The van der Waals surface area contributed by atoms with Gasteiger partial charge < -0.3 is 9.73 Å². The molecular weight excluding hydrogens is 352 g/mol. The summed E-state index contributed by atoms with van der Waals surface area (Å²) in [5, 5.41) is 2.93. The second-order valence-electron chi connectivity index (χ2n) is 6.63. The molecule has 1 aromatic carbocycles. The molecule has 1 amide bonds. The Morgan fingerprint density at radius 3 is 2.50 bits per heavy atom. The summed E-state index contributed by atoms with van der Waals surface area (Å²) in [5.41, 5.74) is 0.454. The van der Waals surface area contributed by atoms with E-state index in [1.807, 2.05) is 19.1 Å². The van der Waals surface area contributed by atoms with E-state index in [1.165, 1.54) is 16.4 Å². The second kappa shape index (κ2) is 8.05. The lowest BCUT2D eigenvalue weighted by molar-refractivity contribution is 0.0938. The molecule has 1 aliphatic rings. The number of aryl methyl sites for hydroxylation is 1. The molecule has 26 heavy (non-hydrogen) atoms. The van der Waals surface area contributed by atoms with E-state index in [0.717, 1.165) is 31.4 Å². The van der Waals surface area contributed by atoms with Crippen molar-refractivity contribution in [1.82, 2.24) is 9.62 Å². The molecule has 1 aromatic heterocycles. The van der Waals surface area contributed by atoms with Crippen LogP contribution < -0.4 is 5.32 Å². The third-order valence-electron chi connectivity index (χ3n) is 4.60. The molecule has 0 aliphatic carbocycles. The molecule has 3 rings (SSSR count). The van der Waals surface area contributed by atoms with Crippen molar-refractivity contribution in [2.45, 2.75) is 43.5 Å². The summed E-state index contributed by atoms with van der Waals surface area (Å²) >= 11 is 0. The number of amides is 1. The van der Waals surface area contributed by atoms with Gasteiger partial charge in [0.1, 0.15) is 5.76 Å². The average Bonchev–Trinajstić information content (AvgIpc) is 3.34. The number of nitrogens with one attached hydrogen (secondary N) is 1. The van der Waals surface area contributed by atoms with Crippen molar-refractivity contribution < 1.29 is 17.6 Å². The molecule has 2 heterocycles. The number of carbonyl (C=O) groups is 1. The quantitative estimate of drug-likeness (QED) is 0.806. The number of sulfonamides is 1. The Kier molecular flexibility index (Phi) is 5.78. The fourth-order valence-electron chi connectivity index (χ4n) is 3.05. The van der Waals surface area contributed by atoms with E-state index in [-0.39, 0.29) is 16.8 Å². The lowest BCUT2D eigenvalue weighted by Gasteiger charge is -2.16. The third kappa shape index (κ3) is 4.34. The van der Waals surface area contributed by atoms with Crippen LogP contribution >= 0.6 is 0 Å². The summed E-state index contributed by atoms with van der Waals surface area (Å²) in [6.07, 6.45) is 4.95. The monoisotopic (exact) mass is 376 g/mol. The fourth-order valence-corrected chi connectivity index (χ4v) is 4.57. The average molecular weight is 376 g/mol.